The number of imide groups is 1. The quantitative estimate of drug-likeness (QED) is 0.609. The zero-order valence-electron chi connectivity index (χ0n) is 13.6. The summed E-state index contributed by atoms with van der Waals surface area (Å²) >= 11 is 0. The molecule has 0 aliphatic carbocycles. The summed E-state index contributed by atoms with van der Waals surface area (Å²) in [6.07, 6.45) is 3.11. The molecule has 0 bridgehead atoms. The van der Waals surface area contributed by atoms with Crippen LogP contribution in [0.3, 0.4) is 0 Å². The minimum atomic E-state index is -0.922. The molecule has 2 heterocycles. The number of nitrogens with zero attached hydrogens (tertiary/aromatic N) is 2. The Morgan fingerprint density at radius 3 is 2.92 bits per heavy atom. The Kier molecular flexibility index (Phi) is 4.85. The molecule has 2 aliphatic heterocycles. The van der Waals surface area contributed by atoms with Crippen LogP contribution in [0.4, 0.5) is 4.79 Å². The SMILES string of the molecule is C=CCc1ccccc1OC[C@H](O)CN1C(=O)[C@@H]2CCCN2C1=O. The van der Waals surface area contributed by atoms with Crippen LogP contribution in [0.25, 0.3) is 0 Å². The first-order chi connectivity index (χ1) is 11.6. The van der Waals surface area contributed by atoms with Gasteiger partial charge in [0, 0.05) is 6.54 Å². The number of aliphatic hydroxyl groups excluding tert-OH is 1. The van der Waals surface area contributed by atoms with Gasteiger partial charge in [-0.15, -0.1) is 6.58 Å². The number of rotatable bonds is 7. The third-order valence-corrected chi connectivity index (χ3v) is 4.44. The van der Waals surface area contributed by atoms with Crippen molar-refractivity contribution in [2.24, 2.45) is 0 Å². The molecule has 1 N–H and O–H groups in total. The Labute approximate surface area is 141 Å². The lowest BCUT2D eigenvalue weighted by Crippen LogP contribution is -2.41. The molecule has 1 aromatic carbocycles. The van der Waals surface area contributed by atoms with Gasteiger partial charge in [-0.1, -0.05) is 24.3 Å². The van der Waals surface area contributed by atoms with Gasteiger partial charge in [-0.25, -0.2) is 4.79 Å². The van der Waals surface area contributed by atoms with Crippen LogP contribution in [0.2, 0.25) is 0 Å². The fourth-order valence-corrected chi connectivity index (χ4v) is 3.27. The van der Waals surface area contributed by atoms with Gasteiger partial charge in [0.1, 0.15) is 24.5 Å². The van der Waals surface area contributed by atoms with Crippen molar-refractivity contribution in [3.05, 3.63) is 42.5 Å². The van der Waals surface area contributed by atoms with E-state index in [0.29, 0.717) is 25.1 Å². The van der Waals surface area contributed by atoms with Gasteiger partial charge in [0.2, 0.25) is 0 Å². The number of para-hydroxylation sites is 1. The number of urea groups is 1. The number of fused-ring (bicyclic) bond motifs is 1. The van der Waals surface area contributed by atoms with E-state index in [-0.39, 0.29) is 31.1 Å². The Morgan fingerprint density at radius 1 is 1.38 bits per heavy atom. The average molecular weight is 330 g/mol. The number of aliphatic hydroxyl groups is 1. The van der Waals surface area contributed by atoms with Crippen molar-refractivity contribution in [2.45, 2.75) is 31.4 Å². The summed E-state index contributed by atoms with van der Waals surface area (Å²) in [7, 11) is 0. The maximum Gasteiger partial charge on any atom is 0.327 e. The van der Waals surface area contributed by atoms with Crippen LogP contribution < -0.4 is 4.74 Å². The van der Waals surface area contributed by atoms with E-state index in [2.05, 4.69) is 6.58 Å². The normalized spacial score (nSPS) is 21.1. The molecule has 6 heteroatoms. The number of carbonyl (C=O) groups excluding carboxylic acids is 2. The zero-order chi connectivity index (χ0) is 17.1. The number of hydrogen-bond donors (Lipinski definition) is 1. The zero-order valence-corrected chi connectivity index (χ0v) is 13.6. The van der Waals surface area contributed by atoms with Crippen molar-refractivity contribution >= 4 is 11.9 Å². The molecule has 6 nitrogen and oxygen atoms in total. The molecule has 2 saturated heterocycles. The molecule has 3 amide bonds. The number of benzene rings is 1. The summed E-state index contributed by atoms with van der Waals surface area (Å²) in [6.45, 7) is 4.32. The minimum Gasteiger partial charge on any atom is -0.491 e. The van der Waals surface area contributed by atoms with Gasteiger partial charge in [-0.2, -0.15) is 0 Å². The van der Waals surface area contributed by atoms with Gasteiger partial charge >= 0.3 is 6.03 Å². The van der Waals surface area contributed by atoms with Crippen molar-refractivity contribution in [2.75, 3.05) is 19.7 Å². The molecule has 0 aromatic heterocycles. The molecule has 0 radical (unpaired) electrons. The lowest BCUT2D eigenvalue weighted by molar-refractivity contribution is -0.129. The van der Waals surface area contributed by atoms with Gasteiger partial charge in [-0.3, -0.25) is 9.69 Å². The van der Waals surface area contributed by atoms with E-state index < -0.39 is 6.10 Å². The van der Waals surface area contributed by atoms with Gasteiger partial charge < -0.3 is 14.7 Å². The third-order valence-electron chi connectivity index (χ3n) is 4.44. The molecule has 0 unspecified atom stereocenters. The fourth-order valence-electron chi connectivity index (χ4n) is 3.27. The highest BCUT2D eigenvalue weighted by Gasteiger charge is 2.47. The third kappa shape index (κ3) is 3.14. The van der Waals surface area contributed by atoms with Crippen molar-refractivity contribution in [1.82, 2.24) is 9.80 Å². The van der Waals surface area contributed by atoms with Gasteiger partial charge in [0.05, 0.1) is 6.54 Å². The van der Waals surface area contributed by atoms with Crippen molar-refractivity contribution in [1.29, 1.82) is 0 Å². The maximum absolute atomic E-state index is 12.2. The Hall–Kier alpha value is -2.34. The second kappa shape index (κ2) is 7.05. The average Bonchev–Trinajstić information content (AvgIpc) is 3.14. The van der Waals surface area contributed by atoms with E-state index in [1.807, 2.05) is 24.3 Å². The van der Waals surface area contributed by atoms with E-state index in [4.69, 9.17) is 4.74 Å². The largest absolute Gasteiger partial charge is 0.491 e. The van der Waals surface area contributed by atoms with Crippen LogP contribution >= 0.6 is 0 Å². The number of allylic oxidation sites excluding steroid dienone is 1. The van der Waals surface area contributed by atoms with E-state index in [1.165, 1.54) is 0 Å². The van der Waals surface area contributed by atoms with Gasteiger partial charge in [0.15, 0.2) is 0 Å². The molecule has 1 aromatic rings. The Bertz CT molecular complexity index is 624. The standard InChI is InChI=1S/C18H22N2O4/c1-2-6-13-7-3-4-9-16(13)24-12-14(21)11-20-17(22)15-8-5-10-19(15)18(20)23/h2-4,7,9,14-15,21H,1,5-6,8,10-12H2/t14-,15+/m1/s1. The summed E-state index contributed by atoms with van der Waals surface area (Å²) in [6, 6.07) is 6.90. The summed E-state index contributed by atoms with van der Waals surface area (Å²) in [5, 5.41) is 10.2. The maximum atomic E-state index is 12.2. The van der Waals surface area contributed by atoms with Gasteiger partial charge in [0.25, 0.3) is 5.91 Å². The van der Waals surface area contributed by atoms with Crippen molar-refractivity contribution in [3.8, 4) is 5.75 Å². The summed E-state index contributed by atoms with van der Waals surface area (Å²) in [4.78, 5) is 27.2. The molecule has 0 spiro atoms. The highest BCUT2D eigenvalue weighted by Crippen LogP contribution is 2.27. The van der Waals surface area contributed by atoms with Crippen LogP contribution in [0, 0.1) is 0 Å². The van der Waals surface area contributed by atoms with Crippen LogP contribution in [0.5, 0.6) is 5.75 Å². The van der Waals surface area contributed by atoms with E-state index in [0.717, 1.165) is 16.9 Å². The second-order valence-corrected chi connectivity index (χ2v) is 6.15. The Morgan fingerprint density at radius 2 is 2.17 bits per heavy atom. The number of carbonyl (C=O) groups is 2. The summed E-state index contributed by atoms with van der Waals surface area (Å²) < 4.78 is 5.67. The molecule has 2 atom stereocenters. The molecule has 2 fully saturated rings. The molecule has 2 aliphatic rings. The number of ether oxygens (including phenoxy) is 1. The predicted octanol–water partition coefficient (Wildman–Crippen LogP) is 1.58. The lowest BCUT2D eigenvalue weighted by Gasteiger charge is -2.20. The van der Waals surface area contributed by atoms with Crippen LogP contribution in [-0.2, 0) is 11.2 Å². The summed E-state index contributed by atoms with van der Waals surface area (Å²) in [5.41, 5.74) is 0.980. The van der Waals surface area contributed by atoms with Crippen LogP contribution in [-0.4, -0.2) is 58.7 Å². The smallest absolute Gasteiger partial charge is 0.327 e. The van der Waals surface area contributed by atoms with Crippen molar-refractivity contribution < 1.29 is 19.4 Å². The van der Waals surface area contributed by atoms with E-state index in [1.54, 1.807) is 11.0 Å². The molecular formula is C18H22N2O4. The number of β-amino-alcohol motifs (C(OH)–C–C–N with tert-alkyl or cyclic N) is 1. The molecule has 0 saturated carbocycles. The molecular weight excluding hydrogens is 308 g/mol. The highest BCUT2D eigenvalue weighted by atomic mass is 16.5. The predicted molar refractivity (Wildman–Crippen MR) is 88.7 cm³/mol. The second-order valence-electron chi connectivity index (χ2n) is 6.15. The van der Waals surface area contributed by atoms with Gasteiger partial charge in [-0.05, 0) is 30.9 Å². The minimum absolute atomic E-state index is 0.0237. The van der Waals surface area contributed by atoms with E-state index >= 15 is 0 Å². The first-order valence-corrected chi connectivity index (χ1v) is 8.23. The first-order valence-electron chi connectivity index (χ1n) is 8.23. The number of amides is 3. The Balaban J connectivity index is 1.57. The van der Waals surface area contributed by atoms with Crippen LogP contribution in [0.1, 0.15) is 18.4 Å². The molecule has 3 rings (SSSR count). The molecule has 128 valence electrons. The topological polar surface area (TPSA) is 70.1 Å². The molecule has 24 heavy (non-hydrogen) atoms. The monoisotopic (exact) mass is 330 g/mol. The summed E-state index contributed by atoms with van der Waals surface area (Å²) in [5.74, 6) is 0.472. The van der Waals surface area contributed by atoms with E-state index in [9.17, 15) is 14.7 Å². The first kappa shape index (κ1) is 16.5. The fraction of sp³-hybridized carbons (Fsp3) is 0.444. The highest BCUT2D eigenvalue weighted by molar-refractivity contribution is 6.04. The lowest BCUT2D eigenvalue weighted by atomic mass is 10.1. The number of hydrogen-bond acceptors (Lipinski definition) is 4. The van der Waals surface area contributed by atoms with Crippen molar-refractivity contribution in [3.63, 3.8) is 0 Å². The van der Waals surface area contributed by atoms with Crippen LogP contribution in [0.15, 0.2) is 36.9 Å².